The molecule has 0 bridgehead atoms. The summed E-state index contributed by atoms with van der Waals surface area (Å²) in [5.74, 6) is -1.48. The SMILES string of the molecule is Cc1nnc(Nc2ccc(F)cc2F)[nH]c1=O. The van der Waals surface area contributed by atoms with E-state index in [1.807, 2.05) is 0 Å². The first-order valence-electron chi connectivity index (χ1n) is 4.72. The van der Waals surface area contributed by atoms with Gasteiger partial charge in [0.2, 0.25) is 5.95 Å². The van der Waals surface area contributed by atoms with E-state index in [-0.39, 0.29) is 17.3 Å². The van der Waals surface area contributed by atoms with E-state index in [4.69, 9.17) is 0 Å². The Labute approximate surface area is 94.5 Å². The Bertz CT molecular complexity index is 611. The predicted octanol–water partition coefficient (Wildman–Crippen LogP) is 1.50. The highest BCUT2D eigenvalue weighted by atomic mass is 19.1. The van der Waals surface area contributed by atoms with E-state index >= 15 is 0 Å². The topological polar surface area (TPSA) is 70.7 Å². The largest absolute Gasteiger partial charge is 0.322 e. The molecule has 0 amide bonds. The lowest BCUT2D eigenvalue weighted by Crippen LogP contribution is -2.15. The average molecular weight is 238 g/mol. The molecule has 0 fully saturated rings. The molecule has 0 unspecified atom stereocenters. The Kier molecular flexibility index (Phi) is 2.82. The summed E-state index contributed by atoms with van der Waals surface area (Å²) >= 11 is 0. The van der Waals surface area contributed by atoms with Gasteiger partial charge in [-0.25, -0.2) is 8.78 Å². The minimum absolute atomic E-state index is 0.000188. The van der Waals surface area contributed by atoms with Crippen LogP contribution >= 0.6 is 0 Å². The van der Waals surface area contributed by atoms with Gasteiger partial charge in [-0.15, -0.1) is 10.2 Å². The Balaban J connectivity index is 2.31. The second-order valence-corrected chi connectivity index (χ2v) is 3.34. The molecule has 0 saturated carbocycles. The van der Waals surface area contributed by atoms with Crippen molar-refractivity contribution in [3.63, 3.8) is 0 Å². The molecule has 2 rings (SSSR count). The molecular weight excluding hydrogens is 230 g/mol. The lowest BCUT2D eigenvalue weighted by Gasteiger charge is -2.05. The summed E-state index contributed by atoms with van der Waals surface area (Å²) < 4.78 is 25.9. The lowest BCUT2D eigenvalue weighted by atomic mass is 10.3. The molecule has 17 heavy (non-hydrogen) atoms. The quantitative estimate of drug-likeness (QED) is 0.831. The van der Waals surface area contributed by atoms with E-state index in [2.05, 4.69) is 20.5 Å². The van der Waals surface area contributed by atoms with Crippen molar-refractivity contribution >= 4 is 11.6 Å². The molecule has 5 nitrogen and oxygen atoms in total. The number of aromatic nitrogens is 3. The lowest BCUT2D eigenvalue weighted by molar-refractivity contribution is 0.586. The molecule has 0 aliphatic carbocycles. The first-order valence-corrected chi connectivity index (χ1v) is 4.72. The van der Waals surface area contributed by atoms with Crippen LogP contribution in [0.5, 0.6) is 0 Å². The second kappa shape index (κ2) is 4.28. The number of nitrogens with one attached hydrogen (secondary N) is 2. The molecule has 0 atom stereocenters. The third-order valence-electron chi connectivity index (χ3n) is 2.04. The molecule has 2 N–H and O–H groups in total. The van der Waals surface area contributed by atoms with Crippen LogP contribution in [0.25, 0.3) is 0 Å². The Hall–Kier alpha value is -2.31. The fourth-order valence-electron chi connectivity index (χ4n) is 1.17. The number of anilines is 2. The van der Waals surface area contributed by atoms with Crippen molar-refractivity contribution in [3.8, 4) is 0 Å². The Morgan fingerprint density at radius 1 is 1.29 bits per heavy atom. The minimum Gasteiger partial charge on any atom is -0.322 e. The fourth-order valence-corrected chi connectivity index (χ4v) is 1.17. The van der Waals surface area contributed by atoms with Crippen molar-refractivity contribution < 1.29 is 8.78 Å². The molecule has 0 aliphatic heterocycles. The summed E-state index contributed by atoms with van der Waals surface area (Å²) in [4.78, 5) is 13.6. The van der Waals surface area contributed by atoms with E-state index in [9.17, 15) is 13.6 Å². The molecule has 1 heterocycles. The Morgan fingerprint density at radius 3 is 2.71 bits per heavy atom. The van der Waals surface area contributed by atoms with Crippen molar-refractivity contribution in [2.75, 3.05) is 5.32 Å². The highest BCUT2D eigenvalue weighted by molar-refractivity contribution is 5.53. The third-order valence-corrected chi connectivity index (χ3v) is 2.04. The number of H-pyrrole nitrogens is 1. The van der Waals surface area contributed by atoms with E-state index in [1.54, 1.807) is 0 Å². The maximum absolute atomic E-state index is 13.3. The first-order chi connectivity index (χ1) is 8.06. The molecule has 0 saturated heterocycles. The minimum atomic E-state index is -0.784. The Morgan fingerprint density at radius 2 is 2.06 bits per heavy atom. The summed E-state index contributed by atoms with van der Waals surface area (Å²) in [5, 5.41) is 9.69. The molecule has 0 aliphatic rings. The molecule has 1 aromatic carbocycles. The molecular formula is C10H8F2N4O. The average Bonchev–Trinajstić information content (AvgIpc) is 2.27. The summed E-state index contributed by atoms with van der Waals surface area (Å²) in [6.45, 7) is 1.49. The second-order valence-electron chi connectivity index (χ2n) is 3.34. The third kappa shape index (κ3) is 2.44. The van der Waals surface area contributed by atoms with Crippen molar-refractivity contribution in [3.05, 3.63) is 45.9 Å². The smallest absolute Gasteiger partial charge is 0.273 e. The predicted molar refractivity (Wildman–Crippen MR) is 57.0 cm³/mol. The number of benzene rings is 1. The van der Waals surface area contributed by atoms with Crippen molar-refractivity contribution in [2.45, 2.75) is 6.92 Å². The highest BCUT2D eigenvalue weighted by Gasteiger charge is 2.06. The molecule has 0 radical (unpaired) electrons. The summed E-state index contributed by atoms with van der Waals surface area (Å²) in [5.41, 5.74) is -0.222. The van der Waals surface area contributed by atoms with Gasteiger partial charge < -0.3 is 5.32 Å². The zero-order chi connectivity index (χ0) is 12.4. The van der Waals surface area contributed by atoms with E-state index in [0.29, 0.717) is 0 Å². The number of hydrogen-bond donors (Lipinski definition) is 2. The van der Waals surface area contributed by atoms with Gasteiger partial charge >= 0.3 is 0 Å². The molecule has 2 aromatic rings. The van der Waals surface area contributed by atoms with E-state index in [1.165, 1.54) is 13.0 Å². The van der Waals surface area contributed by atoms with Gasteiger partial charge in [0.05, 0.1) is 5.69 Å². The summed E-state index contributed by atoms with van der Waals surface area (Å²) in [6, 6.07) is 3.01. The molecule has 88 valence electrons. The van der Waals surface area contributed by atoms with Gasteiger partial charge in [-0.05, 0) is 19.1 Å². The number of rotatable bonds is 2. The number of aryl methyl sites for hydroxylation is 1. The van der Waals surface area contributed by atoms with Crippen molar-refractivity contribution in [2.24, 2.45) is 0 Å². The van der Waals surface area contributed by atoms with Gasteiger partial charge in [0.15, 0.2) is 0 Å². The van der Waals surface area contributed by atoms with Crippen LogP contribution in [0.3, 0.4) is 0 Å². The van der Waals surface area contributed by atoms with Gasteiger partial charge in [0.25, 0.3) is 5.56 Å². The maximum Gasteiger partial charge on any atom is 0.273 e. The van der Waals surface area contributed by atoms with Crippen LogP contribution < -0.4 is 10.9 Å². The number of halogens is 2. The van der Waals surface area contributed by atoms with E-state index in [0.717, 1.165) is 12.1 Å². The van der Waals surface area contributed by atoms with Gasteiger partial charge in [0.1, 0.15) is 17.3 Å². The van der Waals surface area contributed by atoms with E-state index < -0.39 is 17.2 Å². The number of nitrogens with zero attached hydrogens (tertiary/aromatic N) is 2. The number of hydrogen-bond acceptors (Lipinski definition) is 4. The first kappa shape index (κ1) is 11.2. The van der Waals surface area contributed by atoms with Gasteiger partial charge in [0, 0.05) is 6.07 Å². The molecule has 7 heteroatoms. The van der Waals surface area contributed by atoms with Crippen LogP contribution in [0.1, 0.15) is 5.69 Å². The van der Waals surface area contributed by atoms with Crippen molar-refractivity contribution in [1.29, 1.82) is 0 Å². The van der Waals surface area contributed by atoms with Gasteiger partial charge in [-0.3, -0.25) is 9.78 Å². The van der Waals surface area contributed by atoms with Crippen LogP contribution in [0.15, 0.2) is 23.0 Å². The molecule has 1 aromatic heterocycles. The molecule has 0 spiro atoms. The standard InChI is InChI=1S/C10H8F2N4O/c1-5-9(17)14-10(16-15-5)13-8-3-2-6(11)4-7(8)12/h2-4H,1H3,(H2,13,14,16,17). The van der Waals surface area contributed by atoms with Crippen molar-refractivity contribution in [1.82, 2.24) is 15.2 Å². The van der Waals surface area contributed by atoms with Crippen LogP contribution in [-0.2, 0) is 0 Å². The van der Waals surface area contributed by atoms with Crippen LogP contribution in [0.4, 0.5) is 20.4 Å². The van der Waals surface area contributed by atoms with Crippen LogP contribution in [0, 0.1) is 18.6 Å². The van der Waals surface area contributed by atoms with Crippen LogP contribution in [-0.4, -0.2) is 15.2 Å². The maximum atomic E-state index is 13.3. The summed E-state index contributed by atoms with van der Waals surface area (Å²) in [7, 11) is 0. The fraction of sp³-hybridized carbons (Fsp3) is 0.100. The van der Waals surface area contributed by atoms with Gasteiger partial charge in [-0.2, -0.15) is 0 Å². The van der Waals surface area contributed by atoms with Gasteiger partial charge in [-0.1, -0.05) is 0 Å². The highest BCUT2D eigenvalue weighted by Crippen LogP contribution is 2.17. The zero-order valence-electron chi connectivity index (χ0n) is 8.79. The summed E-state index contributed by atoms with van der Waals surface area (Å²) in [6.07, 6.45) is 0. The van der Waals surface area contributed by atoms with Crippen LogP contribution in [0.2, 0.25) is 0 Å². The monoisotopic (exact) mass is 238 g/mol. The number of aromatic amines is 1. The zero-order valence-corrected chi connectivity index (χ0v) is 8.79. The normalized spacial score (nSPS) is 10.3.